The van der Waals surface area contributed by atoms with Crippen LogP contribution in [-0.2, 0) is 10.5 Å². The van der Waals surface area contributed by atoms with E-state index in [9.17, 15) is 4.79 Å². The van der Waals surface area contributed by atoms with E-state index in [0.717, 1.165) is 27.2 Å². The van der Waals surface area contributed by atoms with Crippen LogP contribution in [-0.4, -0.2) is 25.4 Å². The van der Waals surface area contributed by atoms with Crippen molar-refractivity contribution in [1.29, 1.82) is 0 Å². The highest BCUT2D eigenvalue weighted by atomic mass is 79.9. The maximum atomic E-state index is 12.0. The summed E-state index contributed by atoms with van der Waals surface area (Å²) in [6, 6.07) is 13.2. The van der Waals surface area contributed by atoms with E-state index in [-0.39, 0.29) is 5.91 Å². The Morgan fingerprint density at radius 1 is 1.21 bits per heavy atom. The molecule has 0 saturated heterocycles. The number of hydrogen-bond acceptors (Lipinski definition) is 4. The number of hydrogen-bond donors (Lipinski definition) is 1. The second kappa shape index (κ2) is 9.59. The Kier molecular flexibility index (Phi) is 7.46. The molecule has 2 rings (SSSR count). The van der Waals surface area contributed by atoms with Crippen LogP contribution in [0.15, 0.2) is 46.9 Å². The first-order valence-corrected chi connectivity index (χ1v) is 9.50. The number of carbonyl (C=O) groups excluding carboxylic acids is 1. The zero-order valence-corrected chi connectivity index (χ0v) is 16.1. The number of methoxy groups -OCH3 is 1. The van der Waals surface area contributed by atoms with E-state index in [4.69, 9.17) is 9.47 Å². The first-order valence-electron chi connectivity index (χ1n) is 7.55. The summed E-state index contributed by atoms with van der Waals surface area (Å²) in [5.74, 6) is 2.68. The van der Waals surface area contributed by atoms with Crippen molar-refractivity contribution in [3.05, 3.63) is 52.5 Å². The lowest BCUT2D eigenvalue weighted by molar-refractivity contribution is -0.113. The fraction of sp³-hybridized carbons (Fsp3) is 0.278. The van der Waals surface area contributed by atoms with Crippen molar-refractivity contribution >= 4 is 39.3 Å². The lowest BCUT2D eigenvalue weighted by Crippen LogP contribution is -2.14. The smallest absolute Gasteiger partial charge is 0.234 e. The number of ether oxygens (including phenoxy) is 2. The average Bonchev–Trinajstić information content (AvgIpc) is 2.57. The average molecular weight is 410 g/mol. The van der Waals surface area contributed by atoms with Gasteiger partial charge in [0.1, 0.15) is 11.5 Å². The Labute approximate surface area is 155 Å². The molecular weight excluding hydrogens is 390 g/mol. The van der Waals surface area contributed by atoms with E-state index in [1.54, 1.807) is 18.9 Å². The molecule has 6 heteroatoms. The van der Waals surface area contributed by atoms with Gasteiger partial charge in [0.05, 0.1) is 19.5 Å². The number of benzene rings is 2. The molecule has 0 atom stereocenters. The molecule has 2 aromatic carbocycles. The number of rotatable bonds is 8. The molecule has 0 aliphatic heterocycles. The molecule has 0 heterocycles. The van der Waals surface area contributed by atoms with E-state index in [2.05, 4.69) is 21.2 Å². The molecule has 1 amide bonds. The number of amides is 1. The summed E-state index contributed by atoms with van der Waals surface area (Å²) < 4.78 is 11.7. The molecule has 4 nitrogen and oxygen atoms in total. The number of halogens is 1. The van der Waals surface area contributed by atoms with Crippen LogP contribution < -0.4 is 14.8 Å². The molecule has 0 aliphatic carbocycles. The highest BCUT2D eigenvalue weighted by Gasteiger charge is 2.07. The monoisotopic (exact) mass is 409 g/mol. The molecule has 24 heavy (non-hydrogen) atoms. The van der Waals surface area contributed by atoms with Gasteiger partial charge in [0.2, 0.25) is 5.91 Å². The van der Waals surface area contributed by atoms with Crippen LogP contribution in [0.4, 0.5) is 5.69 Å². The van der Waals surface area contributed by atoms with Crippen molar-refractivity contribution in [1.82, 2.24) is 0 Å². The fourth-order valence-corrected chi connectivity index (χ4v) is 3.33. The minimum absolute atomic E-state index is 0.0295. The van der Waals surface area contributed by atoms with Gasteiger partial charge < -0.3 is 14.8 Å². The van der Waals surface area contributed by atoms with Gasteiger partial charge in [-0.25, -0.2) is 0 Å². The standard InChI is InChI=1S/C18H20BrNO3S/c1-3-23-16-7-5-15(6-8-16)20-18(21)12-24-11-13-10-14(19)4-9-17(13)22-2/h4-10H,3,11-12H2,1-2H3,(H,20,21). The van der Waals surface area contributed by atoms with Crippen molar-refractivity contribution in [2.45, 2.75) is 12.7 Å². The van der Waals surface area contributed by atoms with Crippen LogP contribution in [0.1, 0.15) is 12.5 Å². The summed E-state index contributed by atoms with van der Waals surface area (Å²) in [7, 11) is 1.65. The molecule has 0 spiro atoms. The van der Waals surface area contributed by atoms with Gasteiger partial charge in [-0.05, 0) is 49.4 Å². The minimum atomic E-state index is -0.0295. The van der Waals surface area contributed by atoms with Gasteiger partial charge in [-0.15, -0.1) is 11.8 Å². The normalized spacial score (nSPS) is 10.3. The summed E-state index contributed by atoms with van der Waals surface area (Å²) in [6.07, 6.45) is 0. The zero-order chi connectivity index (χ0) is 17.4. The van der Waals surface area contributed by atoms with Gasteiger partial charge in [-0.3, -0.25) is 4.79 Å². The quantitative estimate of drug-likeness (QED) is 0.684. The Morgan fingerprint density at radius 3 is 2.62 bits per heavy atom. The van der Waals surface area contributed by atoms with E-state index < -0.39 is 0 Å². The molecule has 0 aliphatic rings. The third-order valence-electron chi connectivity index (χ3n) is 3.18. The number of thioether (sulfide) groups is 1. The van der Waals surface area contributed by atoms with Crippen LogP contribution in [0.25, 0.3) is 0 Å². The Morgan fingerprint density at radius 2 is 1.96 bits per heavy atom. The van der Waals surface area contributed by atoms with Gasteiger partial charge >= 0.3 is 0 Å². The predicted octanol–water partition coefficient (Wildman–Crippen LogP) is 4.73. The maximum absolute atomic E-state index is 12.0. The van der Waals surface area contributed by atoms with Gasteiger partial charge in [0.25, 0.3) is 0 Å². The summed E-state index contributed by atoms with van der Waals surface area (Å²) in [5.41, 5.74) is 1.83. The van der Waals surface area contributed by atoms with E-state index in [0.29, 0.717) is 18.1 Å². The van der Waals surface area contributed by atoms with Crippen LogP contribution in [0, 0.1) is 0 Å². The zero-order valence-electron chi connectivity index (χ0n) is 13.7. The first kappa shape index (κ1) is 18.7. The Bertz CT molecular complexity index is 676. The molecule has 1 N–H and O–H groups in total. The van der Waals surface area contributed by atoms with Gasteiger partial charge in [0, 0.05) is 21.5 Å². The minimum Gasteiger partial charge on any atom is -0.496 e. The van der Waals surface area contributed by atoms with Gasteiger partial charge in [0.15, 0.2) is 0 Å². The SMILES string of the molecule is CCOc1ccc(NC(=O)CSCc2cc(Br)ccc2OC)cc1. The van der Waals surface area contributed by atoms with E-state index >= 15 is 0 Å². The summed E-state index contributed by atoms with van der Waals surface area (Å²) >= 11 is 5.00. The van der Waals surface area contributed by atoms with Crippen molar-refractivity contribution in [3.8, 4) is 11.5 Å². The second-order valence-electron chi connectivity index (χ2n) is 4.95. The summed E-state index contributed by atoms with van der Waals surface area (Å²) in [4.78, 5) is 12.0. The summed E-state index contributed by atoms with van der Waals surface area (Å²) in [5, 5.41) is 2.88. The molecule has 2 aromatic rings. The number of carbonyl (C=O) groups is 1. The lowest BCUT2D eigenvalue weighted by atomic mass is 10.2. The summed E-state index contributed by atoms with van der Waals surface area (Å²) in [6.45, 7) is 2.56. The lowest BCUT2D eigenvalue weighted by Gasteiger charge is -2.09. The van der Waals surface area contributed by atoms with Crippen LogP contribution in [0.2, 0.25) is 0 Å². The second-order valence-corrected chi connectivity index (χ2v) is 6.86. The molecule has 0 fully saturated rings. The third-order valence-corrected chi connectivity index (χ3v) is 4.66. The molecule has 128 valence electrons. The van der Waals surface area contributed by atoms with E-state index in [1.165, 1.54) is 0 Å². The third kappa shape index (κ3) is 5.76. The van der Waals surface area contributed by atoms with Crippen LogP contribution >= 0.6 is 27.7 Å². The van der Waals surface area contributed by atoms with Crippen molar-refractivity contribution < 1.29 is 14.3 Å². The highest BCUT2D eigenvalue weighted by Crippen LogP contribution is 2.26. The van der Waals surface area contributed by atoms with Gasteiger partial charge in [-0.1, -0.05) is 15.9 Å². The first-order chi connectivity index (χ1) is 11.6. The topological polar surface area (TPSA) is 47.6 Å². The molecule has 0 unspecified atom stereocenters. The maximum Gasteiger partial charge on any atom is 0.234 e. The highest BCUT2D eigenvalue weighted by molar-refractivity contribution is 9.10. The van der Waals surface area contributed by atoms with Crippen molar-refractivity contribution in [2.24, 2.45) is 0 Å². The Hall–Kier alpha value is -1.66. The van der Waals surface area contributed by atoms with Crippen LogP contribution in [0.3, 0.4) is 0 Å². The molecule has 0 saturated carbocycles. The van der Waals surface area contributed by atoms with Crippen LogP contribution in [0.5, 0.6) is 11.5 Å². The van der Waals surface area contributed by atoms with Gasteiger partial charge in [-0.2, -0.15) is 0 Å². The Balaban J connectivity index is 1.82. The predicted molar refractivity (Wildman–Crippen MR) is 103 cm³/mol. The molecular formula is C18H20BrNO3S. The largest absolute Gasteiger partial charge is 0.496 e. The molecule has 0 radical (unpaired) electrons. The molecule has 0 bridgehead atoms. The number of anilines is 1. The van der Waals surface area contributed by atoms with E-state index in [1.807, 2.05) is 49.4 Å². The fourth-order valence-electron chi connectivity index (χ4n) is 2.11. The number of nitrogens with one attached hydrogen (secondary N) is 1. The molecule has 0 aromatic heterocycles. The van der Waals surface area contributed by atoms with Crippen molar-refractivity contribution in [3.63, 3.8) is 0 Å². The van der Waals surface area contributed by atoms with Crippen molar-refractivity contribution in [2.75, 3.05) is 24.8 Å².